The van der Waals surface area contributed by atoms with Gasteiger partial charge in [-0.05, 0) is 30.5 Å². The van der Waals surface area contributed by atoms with Crippen molar-refractivity contribution in [2.24, 2.45) is 5.92 Å². The van der Waals surface area contributed by atoms with Crippen molar-refractivity contribution >= 4 is 23.3 Å². The van der Waals surface area contributed by atoms with E-state index >= 15 is 0 Å². The molecule has 0 aliphatic carbocycles. The number of rotatable bonds is 3. The zero-order valence-corrected chi connectivity index (χ0v) is 16.0. The highest BCUT2D eigenvalue weighted by atomic mass is 16.6. The SMILES string of the molecule is CCOC(=O)[C@@H]1[C@H]2O[C@](c3ccccc3)(CCC2=O)[C@@]12C(=O)Nc1ccccc12. The largest absolute Gasteiger partial charge is 0.466 e. The van der Waals surface area contributed by atoms with E-state index in [-0.39, 0.29) is 24.7 Å². The first-order valence-corrected chi connectivity index (χ1v) is 9.90. The first-order chi connectivity index (χ1) is 14.1. The van der Waals surface area contributed by atoms with Crippen LogP contribution in [0.25, 0.3) is 0 Å². The molecule has 2 fully saturated rings. The molecule has 2 aromatic carbocycles. The Kier molecular flexibility index (Phi) is 3.90. The van der Waals surface area contributed by atoms with Crippen LogP contribution in [-0.2, 0) is 34.9 Å². The Balaban J connectivity index is 1.85. The van der Waals surface area contributed by atoms with E-state index in [0.29, 0.717) is 17.7 Å². The molecular formula is C23H21NO5. The second kappa shape index (κ2) is 6.26. The van der Waals surface area contributed by atoms with Gasteiger partial charge in [0, 0.05) is 12.1 Å². The second-order valence-corrected chi connectivity index (χ2v) is 7.74. The van der Waals surface area contributed by atoms with E-state index in [2.05, 4.69) is 5.32 Å². The number of Topliss-reactive ketones (excluding diaryl/α,β-unsaturated/α-hetero) is 1. The lowest BCUT2D eigenvalue weighted by Crippen LogP contribution is -2.55. The average Bonchev–Trinajstić information content (AvgIpc) is 3.18. The molecule has 1 spiro atoms. The van der Waals surface area contributed by atoms with Crippen LogP contribution in [0.15, 0.2) is 54.6 Å². The van der Waals surface area contributed by atoms with Gasteiger partial charge in [0.25, 0.3) is 0 Å². The molecule has 5 rings (SSSR count). The van der Waals surface area contributed by atoms with Gasteiger partial charge < -0.3 is 14.8 Å². The van der Waals surface area contributed by atoms with Crippen molar-refractivity contribution in [2.75, 3.05) is 11.9 Å². The fraction of sp³-hybridized carbons (Fsp3) is 0.348. The molecule has 6 nitrogen and oxygen atoms in total. The number of amides is 1. The van der Waals surface area contributed by atoms with E-state index in [1.165, 1.54) is 0 Å². The van der Waals surface area contributed by atoms with Gasteiger partial charge in [-0.1, -0.05) is 48.5 Å². The minimum atomic E-state index is -1.37. The lowest BCUT2D eigenvalue weighted by molar-refractivity contribution is -0.158. The van der Waals surface area contributed by atoms with Crippen LogP contribution in [0.2, 0.25) is 0 Å². The Labute approximate surface area is 168 Å². The van der Waals surface area contributed by atoms with Crippen LogP contribution in [0.3, 0.4) is 0 Å². The standard InChI is InChI=1S/C23H21NO5/c1-2-28-20(26)18-19-17(25)12-13-22(29-19,14-8-4-3-5-9-14)23(18)15-10-6-7-11-16(15)24-21(23)27/h3-11,18-19H,2,12-13H2,1H3,(H,24,27)/t18-,19-,22-,23+/m0/s1. The molecule has 1 amide bonds. The molecule has 2 aromatic rings. The number of esters is 1. The molecule has 148 valence electrons. The minimum Gasteiger partial charge on any atom is -0.466 e. The van der Waals surface area contributed by atoms with Gasteiger partial charge in [0.1, 0.15) is 23.0 Å². The maximum Gasteiger partial charge on any atom is 0.313 e. The molecule has 29 heavy (non-hydrogen) atoms. The van der Waals surface area contributed by atoms with Crippen molar-refractivity contribution < 1.29 is 23.9 Å². The summed E-state index contributed by atoms with van der Waals surface area (Å²) in [5, 5.41) is 2.94. The summed E-state index contributed by atoms with van der Waals surface area (Å²) >= 11 is 0. The van der Waals surface area contributed by atoms with Crippen LogP contribution in [-0.4, -0.2) is 30.4 Å². The minimum absolute atomic E-state index is 0.161. The summed E-state index contributed by atoms with van der Waals surface area (Å²) in [7, 11) is 0. The van der Waals surface area contributed by atoms with Crippen LogP contribution in [0.1, 0.15) is 30.9 Å². The molecule has 2 bridgehead atoms. The number of carbonyl (C=O) groups excluding carboxylic acids is 3. The van der Waals surface area contributed by atoms with Crippen molar-refractivity contribution in [2.45, 2.75) is 36.9 Å². The monoisotopic (exact) mass is 391 g/mol. The van der Waals surface area contributed by atoms with Crippen LogP contribution in [0.5, 0.6) is 0 Å². The van der Waals surface area contributed by atoms with Crippen LogP contribution >= 0.6 is 0 Å². The summed E-state index contributed by atoms with van der Waals surface area (Å²) in [4.78, 5) is 39.7. The summed E-state index contributed by atoms with van der Waals surface area (Å²) in [6, 6.07) is 16.8. The fourth-order valence-electron chi connectivity index (χ4n) is 5.47. The third kappa shape index (κ3) is 2.12. The van der Waals surface area contributed by atoms with Gasteiger partial charge in [-0.3, -0.25) is 14.4 Å². The second-order valence-electron chi connectivity index (χ2n) is 7.74. The molecule has 2 saturated heterocycles. The van der Waals surface area contributed by atoms with Crippen molar-refractivity contribution in [3.05, 3.63) is 65.7 Å². The van der Waals surface area contributed by atoms with E-state index in [4.69, 9.17) is 9.47 Å². The topological polar surface area (TPSA) is 81.7 Å². The number of hydrogen-bond acceptors (Lipinski definition) is 5. The molecule has 1 N–H and O–H groups in total. The van der Waals surface area contributed by atoms with Gasteiger partial charge in [0.2, 0.25) is 5.91 Å². The van der Waals surface area contributed by atoms with E-state index in [1.54, 1.807) is 6.92 Å². The number of ether oxygens (including phenoxy) is 2. The summed E-state index contributed by atoms with van der Waals surface area (Å²) in [5.74, 6) is -2.10. The molecule has 0 radical (unpaired) electrons. The maximum absolute atomic E-state index is 13.7. The smallest absolute Gasteiger partial charge is 0.313 e. The molecule has 0 saturated carbocycles. The Morgan fingerprint density at radius 1 is 1.14 bits per heavy atom. The molecule has 4 atom stereocenters. The number of fused-ring (bicyclic) bond motifs is 5. The van der Waals surface area contributed by atoms with Crippen molar-refractivity contribution in [3.8, 4) is 0 Å². The highest BCUT2D eigenvalue weighted by Gasteiger charge is 2.77. The number of nitrogens with one attached hydrogen (secondary N) is 1. The first-order valence-electron chi connectivity index (χ1n) is 9.90. The summed E-state index contributed by atoms with van der Waals surface area (Å²) < 4.78 is 11.8. The Morgan fingerprint density at radius 3 is 2.62 bits per heavy atom. The molecule has 3 aliphatic heterocycles. The lowest BCUT2D eigenvalue weighted by atomic mass is 9.59. The Hall–Kier alpha value is -2.99. The van der Waals surface area contributed by atoms with Crippen molar-refractivity contribution in [1.82, 2.24) is 0 Å². The zero-order valence-electron chi connectivity index (χ0n) is 16.0. The zero-order chi connectivity index (χ0) is 20.2. The number of hydrogen-bond donors (Lipinski definition) is 1. The third-order valence-electron chi connectivity index (χ3n) is 6.51. The molecule has 0 aromatic heterocycles. The molecule has 6 heteroatoms. The quantitative estimate of drug-likeness (QED) is 0.814. The maximum atomic E-state index is 13.7. The molecule has 0 unspecified atom stereocenters. The predicted molar refractivity (Wildman–Crippen MR) is 104 cm³/mol. The number of para-hydroxylation sites is 1. The number of ketones is 1. The average molecular weight is 391 g/mol. The van der Waals surface area contributed by atoms with Gasteiger partial charge in [-0.25, -0.2) is 0 Å². The van der Waals surface area contributed by atoms with Gasteiger partial charge in [-0.15, -0.1) is 0 Å². The summed E-state index contributed by atoms with van der Waals surface area (Å²) in [5.41, 5.74) is -0.374. The molecule has 3 heterocycles. The van der Waals surface area contributed by atoms with Crippen molar-refractivity contribution in [3.63, 3.8) is 0 Å². The normalized spacial score (nSPS) is 32.2. The van der Waals surface area contributed by atoms with Gasteiger partial charge in [0.05, 0.1) is 6.61 Å². The molecular weight excluding hydrogens is 370 g/mol. The van der Waals surface area contributed by atoms with Crippen LogP contribution < -0.4 is 5.32 Å². The van der Waals surface area contributed by atoms with E-state index in [0.717, 1.165) is 5.56 Å². The van der Waals surface area contributed by atoms with Crippen LogP contribution in [0.4, 0.5) is 5.69 Å². The Bertz CT molecular complexity index is 1020. The number of anilines is 1. The van der Waals surface area contributed by atoms with Gasteiger partial charge in [-0.2, -0.15) is 0 Å². The third-order valence-corrected chi connectivity index (χ3v) is 6.51. The molecule has 3 aliphatic rings. The van der Waals surface area contributed by atoms with E-state index in [1.807, 2.05) is 54.6 Å². The lowest BCUT2D eigenvalue weighted by Gasteiger charge is -2.43. The highest BCUT2D eigenvalue weighted by molar-refractivity contribution is 6.12. The van der Waals surface area contributed by atoms with Gasteiger partial charge >= 0.3 is 5.97 Å². The highest BCUT2D eigenvalue weighted by Crippen LogP contribution is 2.65. The Morgan fingerprint density at radius 2 is 1.86 bits per heavy atom. The number of carbonyl (C=O) groups is 3. The summed E-state index contributed by atoms with van der Waals surface area (Å²) in [6.07, 6.45) is -0.448. The first kappa shape index (κ1) is 18.1. The summed E-state index contributed by atoms with van der Waals surface area (Å²) in [6.45, 7) is 1.87. The number of benzene rings is 2. The van der Waals surface area contributed by atoms with Crippen LogP contribution in [0, 0.1) is 5.92 Å². The van der Waals surface area contributed by atoms with Gasteiger partial charge in [0.15, 0.2) is 5.78 Å². The predicted octanol–water partition coefficient (Wildman–Crippen LogP) is 2.71. The van der Waals surface area contributed by atoms with E-state index in [9.17, 15) is 14.4 Å². The van der Waals surface area contributed by atoms with Crippen molar-refractivity contribution in [1.29, 1.82) is 0 Å². The fourth-order valence-corrected chi connectivity index (χ4v) is 5.47. The van der Waals surface area contributed by atoms with E-state index < -0.39 is 29.0 Å².